The second-order valence-electron chi connectivity index (χ2n) is 6.63. The number of hydrogen-bond acceptors (Lipinski definition) is 4. The molecule has 4 rings (SSSR count). The number of methoxy groups -OCH3 is 1. The van der Waals surface area contributed by atoms with E-state index in [2.05, 4.69) is 32.6 Å². The van der Waals surface area contributed by atoms with Gasteiger partial charge in [-0.3, -0.25) is 4.90 Å². The van der Waals surface area contributed by atoms with Gasteiger partial charge in [0, 0.05) is 44.9 Å². The van der Waals surface area contributed by atoms with E-state index in [1.165, 1.54) is 29.8 Å². The Morgan fingerprint density at radius 1 is 1.41 bits per heavy atom. The molecule has 22 heavy (non-hydrogen) atoms. The van der Waals surface area contributed by atoms with E-state index < -0.39 is 0 Å². The summed E-state index contributed by atoms with van der Waals surface area (Å²) in [6, 6.07) is 2.22. The van der Waals surface area contributed by atoms with Crippen molar-refractivity contribution in [3.8, 4) is 0 Å². The van der Waals surface area contributed by atoms with Gasteiger partial charge in [-0.2, -0.15) is 11.3 Å². The molecule has 1 atom stereocenters. The molecule has 5 heteroatoms. The first-order valence-electron chi connectivity index (χ1n) is 8.09. The van der Waals surface area contributed by atoms with Crippen LogP contribution in [-0.2, 0) is 24.4 Å². The lowest BCUT2D eigenvalue weighted by atomic mass is 9.98. The van der Waals surface area contributed by atoms with Crippen LogP contribution in [0.3, 0.4) is 0 Å². The molecular formula is C17H23N3OS. The maximum Gasteiger partial charge on any atom is 0.0952 e. The van der Waals surface area contributed by atoms with Crippen molar-refractivity contribution in [1.82, 2.24) is 14.5 Å². The Kier molecular flexibility index (Phi) is 4.03. The van der Waals surface area contributed by atoms with Crippen LogP contribution in [-0.4, -0.2) is 34.7 Å². The van der Waals surface area contributed by atoms with Crippen molar-refractivity contribution in [2.75, 3.05) is 20.3 Å². The zero-order valence-corrected chi connectivity index (χ0v) is 13.9. The smallest absolute Gasteiger partial charge is 0.0952 e. The lowest BCUT2D eigenvalue weighted by molar-refractivity contribution is 0.131. The molecule has 1 aliphatic carbocycles. The summed E-state index contributed by atoms with van der Waals surface area (Å²) in [5, 5.41) is 4.40. The molecule has 2 aromatic heterocycles. The summed E-state index contributed by atoms with van der Waals surface area (Å²) in [5.74, 6) is 1.32. The molecule has 3 heterocycles. The summed E-state index contributed by atoms with van der Waals surface area (Å²) in [5.41, 5.74) is 4.08. The number of nitrogens with zero attached hydrogens (tertiary/aromatic N) is 3. The normalized spacial score (nSPS) is 22.0. The van der Waals surface area contributed by atoms with Gasteiger partial charge >= 0.3 is 0 Å². The summed E-state index contributed by atoms with van der Waals surface area (Å²) in [7, 11) is 1.80. The SMILES string of the molecule is COC[C@@H]1CN(Cc2ccsc2)Cc2ncn(CC3CC3)c21. The number of fused-ring (bicyclic) bond motifs is 1. The van der Waals surface area contributed by atoms with E-state index in [-0.39, 0.29) is 0 Å². The van der Waals surface area contributed by atoms with Crippen LogP contribution < -0.4 is 0 Å². The predicted molar refractivity (Wildman–Crippen MR) is 88.0 cm³/mol. The predicted octanol–water partition coefficient (Wildman–Crippen LogP) is 3.10. The minimum absolute atomic E-state index is 0.439. The third kappa shape index (κ3) is 2.98. The summed E-state index contributed by atoms with van der Waals surface area (Å²) in [6.45, 7) is 4.96. The van der Waals surface area contributed by atoms with Crippen LogP contribution in [0.15, 0.2) is 23.2 Å². The molecule has 118 valence electrons. The highest BCUT2D eigenvalue weighted by Crippen LogP contribution is 2.34. The van der Waals surface area contributed by atoms with E-state index in [1.807, 2.05) is 0 Å². The van der Waals surface area contributed by atoms with Crippen LogP contribution in [0.4, 0.5) is 0 Å². The second kappa shape index (κ2) is 6.14. The maximum atomic E-state index is 5.50. The molecule has 0 aromatic carbocycles. The Morgan fingerprint density at radius 3 is 3.05 bits per heavy atom. The molecule has 0 amide bonds. The van der Waals surface area contributed by atoms with Crippen LogP contribution in [0.5, 0.6) is 0 Å². The van der Waals surface area contributed by atoms with Crippen molar-refractivity contribution in [2.24, 2.45) is 5.92 Å². The van der Waals surface area contributed by atoms with Crippen molar-refractivity contribution < 1.29 is 4.74 Å². The largest absolute Gasteiger partial charge is 0.384 e. The van der Waals surface area contributed by atoms with Gasteiger partial charge in [-0.05, 0) is 41.1 Å². The van der Waals surface area contributed by atoms with Crippen LogP contribution in [0.25, 0.3) is 0 Å². The molecule has 4 nitrogen and oxygen atoms in total. The van der Waals surface area contributed by atoms with E-state index in [1.54, 1.807) is 18.4 Å². The molecule has 0 N–H and O–H groups in total. The average Bonchev–Trinajstić information content (AvgIpc) is 3.00. The lowest BCUT2D eigenvalue weighted by Gasteiger charge is -2.32. The fraction of sp³-hybridized carbons (Fsp3) is 0.588. The van der Waals surface area contributed by atoms with E-state index in [9.17, 15) is 0 Å². The first kappa shape index (κ1) is 14.4. The fourth-order valence-electron chi connectivity index (χ4n) is 3.52. The van der Waals surface area contributed by atoms with Crippen molar-refractivity contribution >= 4 is 11.3 Å². The number of hydrogen-bond donors (Lipinski definition) is 0. The van der Waals surface area contributed by atoms with E-state index in [0.717, 1.165) is 38.7 Å². The van der Waals surface area contributed by atoms with Gasteiger partial charge in [0.2, 0.25) is 0 Å². The van der Waals surface area contributed by atoms with Gasteiger partial charge in [-0.15, -0.1) is 0 Å². The first-order chi connectivity index (χ1) is 10.8. The van der Waals surface area contributed by atoms with Gasteiger partial charge in [0.1, 0.15) is 0 Å². The van der Waals surface area contributed by atoms with Crippen molar-refractivity contribution in [3.63, 3.8) is 0 Å². The Hall–Kier alpha value is -1.17. The molecule has 0 unspecified atom stereocenters. The maximum absolute atomic E-state index is 5.50. The number of ether oxygens (including phenoxy) is 1. The third-order valence-corrected chi connectivity index (χ3v) is 5.43. The quantitative estimate of drug-likeness (QED) is 0.820. The molecule has 2 aromatic rings. The van der Waals surface area contributed by atoms with Gasteiger partial charge in [-0.25, -0.2) is 4.98 Å². The van der Waals surface area contributed by atoms with Gasteiger partial charge in [0.25, 0.3) is 0 Å². The van der Waals surface area contributed by atoms with Gasteiger partial charge in [-0.1, -0.05) is 0 Å². The number of aromatic nitrogens is 2. The van der Waals surface area contributed by atoms with Crippen LogP contribution in [0, 0.1) is 5.92 Å². The molecule has 1 aliphatic heterocycles. The van der Waals surface area contributed by atoms with E-state index in [0.29, 0.717) is 5.92 Å². The Bertz CT molecular complexity index is 618. The molecule has 2 aliphatic rings. The Labute approximate surface area is 135 Å². The van der Waals surface area contributed by atoms with Crippen LogP contribution in [0.1, 0.15) is 35.7 Å². The topological polar surface area (TPSA) is 30.3 Å². The molecule has 0 saturated heterocycles. The monoisotopic (exact) mass is 317 g/mol. The Balaban J connectivity index is 1.55. The van der Waals surface area contributed by atoms with Crippen LogP contribution >= 0.6 is 11.3 Å². The van der Waals surface area contributed by atoms with E-state index in [4.69, 9.17) is 9.72 Å². The minimum atomic E-state index is 0.439. The average molecular weight is 317 g/mol. The van der Waals surface area contributed by atoms with Gasteiger partial charge < -0.3 is 9.30 Å². The van der Waals surface area contributed by atoms with Crippen molar-refractivity contribution in [3.05, 3.63) is 40.1 Å². The standard InChI is InChI=1S/C17H23N3OS/c1-21-10-15-8-19(6-14-4-5-22-11-14)9-16-17(15)20(12-18-16)7-13-2-3-13/h4-5,11-13,15H,2-3,6-10H2,1H3/t15-/m0/s1. The zero-order valence-electron chi connectivity index (χ0n) is 13.1. The highest BCUT2D eigenvalue weighted by Gasteiger charge is 2.31. The van der Waals surface area contributed by atoms with Crippen molar-refractivity contribution in [2.45, 2.75) is 38.4 Å². The van der Waals surface area contributed by atoms with Gasteiger partial charge in [0.05, 0.1) is 18.6 Å². The number of thiophene rings is 1. The summed E-state index contributed by atoms with van der Waals surface area (Å²) >= 11 is 1.77. The Morgan fingerprint density at radius 2 is 2.32 bits per heavy atom. The summed E-state index contributed by atoms with van der Waals surface area (Å²) in [4.78, 5) is 7.22. The fourth-order valence-corrected chi connectivity index (χ4v) is 4.18. The molecular weight excluding hydrogens is 294 g/mol. The summed E-state index contributed by atoms with van der Waals surface area (Å²) < 4.78 is 7.90. The minimum Gasteiger partial charge on any atom is -0.384 e. The molecule has 1 fully saturated rings. The van der Waals surface area contributed by atoms with E-state index >= 15 is 0 Å². The number of rotatable bonds is 6. The number of imidazole rings is 1. The van der Waals surface area contributed by atoms with Crippen molar-refractivity contribution in [1.29, 1.82) is 0 Å². The zero-order chi connectivity index (χ0) is 14.9. The highest BCUT2D eigenvalue weighted by molar-refractivity contribution is 7.07. The van der Waals surface area contributed by atoms with Gasteiger partial charge in [0.15, 0.2) is 0 Å². The molecule has 1 saturated carbocycles. The third-order valence-electron chi connectivity index (χ3n) is 4.70. The second-order valence-corrected chi connectivity index (χ2v) is 7.41. The first-order valence-corrected chi connectivity index (χ1v) is 9.04. The molecule has 0 radical (unpaired) electrons. The highest BCUT2D eigenvalue weighted by atomic mass is 32.1. The summed E-state index contributed by atoms with van der Waals surface area (Å²) in [6.07, 6.45) is 4.82. The van der Waals surface area contributed by atoms with Crippen LogP contribution in [0.2, 0.25) is 0 Å². The lowest BCUT2D eigenvalue weighted by Crippen LogP contribution is -2.36. The molecule has 0 bridgehead atoms. The molecule has 0 spiro atoms.